The molecule has 0 spiro atoms. The van der Waals surface area contributed by atoms with Gasteiger partial charge in [0.15, 0.2) is 0 Å². The Morgan fingerprint density at radius 1 is 1.50 bits per heavy atom. The molecule has 0 amide bonds. The van der Waals surface area contributed by atoms with Gasteiger partial charge in [-0.3, -0.25) is 0 Å². The first kappa shape index (κ1) is 9.53. The van der Waals surface area contributed by atoms with Crippen LogP contribution in [0.3, 0.4) is 0 Å². The zero-order valence-corrected chi connectivity index (χ0v) is 8.96. The summed E-state index contributed by atoms with van der Waals surface area (Å²) in [6.07, 6.45) is 1.17. The Bertz CT molecular complexity index is 331. The quantitative estimate of drug-likeness (QED) is 0.773. The van der Waals surface area contributed by atoms with Gasteiger partial charge in [-0.1, -0.05) is 12.1 Å². The maximum absolute atomic E-state index is 5.86. The molecule has 0 unspecified atom stereocenters. The Morgan fingerprint density at radius 2 is 2.29 bits per heavy atom. The molecular weight excluding hydrogens is 172 g/mol. The average molecular weight is 190 g/mol. The second-order valence-corrected chi connectivity index (χ2v) is 4.01. The van der Waals surface area contributed by atoms with Gasteiger partial charge in [0.05, 0.1) is 0 Å². The van der Waals surface area contributed by atoms with Crippen LogP contribution < -0.4 is 10.6 Å². The number of fused-ring (bicyclic) bond motifs is 1. The number of anilines is 1. The van der Waals surface area contributed by atoms with Crippen LogP contribution in [0.25, 0.3) is 0 Å². The van der Waals surface area contributed by atoms with Gasteiger partial charge < -0.3 is 10.6 Å². The van der Waals surface area contributed by atoms with Crippen molar-refractivity contribution in [1.29, 1.82) is 0 Å². The molecule has 1 atom stereocenters. The lowest BCUT2D eigenvalue weighted by Crippen LogP contribution is -2.19. The summed E-state index contributed by atoms with van der Waals surface area (Å²) in [6.45, 7) is 6.50. The molecule has 0 saturated heterocycles. The van der Waals surface area contributed by atoms with Crippen molar-refractivity contribution in [2.24, 2.45) is 5.73 Å². The van der Waals surface area contributed by atoms with Crippen LogP contribution >= 0.6 is 0 Å². The Labute approximate surface area is 85.7 Å². The van der Waals surface area contributed by atoms with E-state index in [2.05, 4.69) is 30.0 Å². The summed E-state index contributed by atoms with van der Waals surface area (Å²) in [6, 6.07) is 6.77. The van der Waals surface area contributed by atoms with E-state index in [-0.39, 0.29) is 6.04 Å². The summed E-state index contributed by atoms with van der Waals surface area (Å²) >= 11 is 0. The molecule has 0 aromatic heterocycles. The second-order valence-electron chi connectivity index (χ2n) is 4.01. The summed E-state index contributed by atoms with van der Waals surface area (Å²) in [5, 5.41) is 0. The third-order valence-corrected chi connectivity index (χ3v) is 3.00. The second kappa shape index (κ2) is 3.62. The summed E-state index contributed by atoms with van der Waals surface area (Å²) < 4.78 is 0. The fourth-order valence-corrected chi connectivity index (χ4v) is 2.10. The largest absolute Gasteiger partial charge is 0.371 e. The van der Waals surface area contributed by atoms with Crippen LogP contribution in [-0.2, 0) is 6.42 Å². The summed E-state index contributed by atoms with van der Waals surface area (Å²) in [4.78, 5) is 2.42. The van der Waals surface area contributed by atoms with Crippen LogP contribution in [0.15, 0.2) is 18.2 Å². The molecule has 1 aromatic carbocycles. The normalized spacial score (nSPS) is 16.9. The highest BCUT2D eigenvalue weighted by Crippen LogP contribution is 2.29. The van der Waals surface area contributed by atoms with Gasteiger partial charge >= 0.3 is 0 Å². The lowest BCUT2D eigenvalue weighted by molar-refractivity contribution is 0.816. The van der Waals surface area contributed by atoms with E-state index >= 15 is 0 Å². The van der Waals surface area contributed by atoms with E-state index in [9.17, 15) is 0 Å². The first-order valence-corrected chi connectivity index (χ1v) is 5.35. The lowest BCUT2D eigenvalue weighted by Gasteiger charge is -2.17. The minimum absolute atomic E-state index is 0.149. The molecule has 0 fully saturated rings. The first-order valence-electron chi connectivity index (χ1n) is 5.35. The Morgan fingerprint density at radius 3 is 2.93 bits per heavy atom. The van der Waals surface area contributed by atoms with Crippen LogP contribution in [-0.4, -0.2) is 13.1 Å². The molecule has 2 nitrogen and oxygen atoms in total. The van der Waals surface area contributed by atoms with Gasteiger partial charge in [-0.25, -0.2) is 0 Å². The van der Waals surface area contributed by atoms with Crippen LogP contribution in [0.2, 0.25) is 0 Å². The van der Waals surface area contributed by atoms with E-state index in [1.807, 2.05) is 6.92 Å². The smallest absolute Gasteiger partial charge is 0.0399 e. The molecule has 0 bridgehead atoms. The van der Waals surface area contributed by atoms with E-state index in [0.717, 1.165) is 13.1 Å². The van der Waals surface area contributed by atoms with Gasteiger partial charge in [0.2, 0.25) is 0 Å². The molecule has 0 saturated carbocycles. The molecule has 1 aliphatic heterocycles. The molecule has 2 N–H and O–H groups in total. The standard InChI is InChI=1S/C12H18N2/c1-3-14-7-6-11-8-10(9(2)13)4-5-12(11)14/h4-5,8-9H,3,6-7,13H2,1-2H3/t9-/m1/s1. The number of hydrogen-bond donors (Lipinski definition) is 1. The maximum atomic E-state index is 5.86. The van der Waals surface area contributed by atoms with Gasteiger partial charge in [-0.15, -0.1) is 0 Å². The highest BCUT2D eigenvalue weighted by Gasteiger charge is 2.17. The predicted octanol–water partition coefficient (Wildman–Crippen LogP) is 2.09. The van der Waals surface area contributed by atoms with E-state index in [1.165, 1.54) is 23.2 Å². The van der Waals surface area contributed by atoms with Gasteiger partial charge in [-0.2, -0.15) is 0 Å². The van der Waals surface area contributed by atoms with E-state index in [1.54, 1.807) is 0 Å². The van der Waals surface area contributed by atoms with E-state index < -0.39 is 0 Å². The maximum Gasteiger partial charge on any atom is 0.0399 e. The zero-order chi connectivity index (χ0) is 10.1. The van der Waals surface area contributed by atoms with Crippen LogP contribution in [0.5, 0.6) is 0 Å². The van der Waals surface area contributed by atoms with Gasteiger partial charge in [0, 0.05) is 24.8 Å². The fourth-order valence-electron chi connectivity index (χ4n) is 2.10. The molecule has 2 heteroatoms. The number of likely N-dealkylation sites (N-methyl/N-ethyl adjacent to an activating group) is 1. The lowest BCUT2D eigenvalue weighted by atomic mass is 10.0. The van der Waals surface area contributed by atoms with E-state index in [4.69, 9.17) is 5.73 Å². The molecule has 2 rings (SSSR count). The molecule has 14 heavy (non-hydrogen) atoms. The third-order valence-electron chi connectivity index (χ3n) is 3.00. The number of hydrogen-bond acceptors (Lipinski definition) is 2. The Balaban J connectivity index is 2.34. The molecule has 0 aliphatic carbocycles. The molecule has 1 aromatic rings. The van der Waals surface area contributed by atoms with Crippen molar-refractivity contribution in [3.05, 3.63) is 29.3 Å². The van der Waals surface area contributed by atoms with Crippen LogP contribution in [0.4, 0.5) is 5.69 Å². The van der Waals surface area contributed by atoms with Gasteiger partial charge in [0.1, 0.15) is 0 Å². The topological polar surface area (TPSA) is 29.3 Å². The molecule has 76 valence electrons. The Kier molecular flexibility index (Phi) is 2.46. The molecular formula is C12H18N2. The predicted molar refractivity (Wildman–Crippen MR) is 60.6 cm³/mol. The minimum Gasteiger partial charge on any atom is -0.371 e. The van der Waals surface area contributed by atoms with Crippen LogP contribution in [0, 0.1) is 0 Å². The molecule has 1 heterocycles. The average Bonchev–Trinajstić information content (AvgIpc) is 2.59. The summed E-state index contributed by atoms with van der Waals surface area (Å²) in [7, 11) is 0. The zero-order valence-electron chi connectivity index (χ0n) is 8.96. The number of benzene rings is 1. The van der Waals surface area contributed by atoms with Crippen LogP contribution in [0.1, 0.15) is 31.0 Å². The highest BCUT2D eigenvalue weighted by atomic mass is 15.1. The van der Waals surface area contributed by atoms with E-state index in [0.29, 0.717) is 0 Å². The van der Waals surface area contributed by atoms with Crippen molar-refractivity contribution in [2.45, 2.75) is 26.3 Å². The summed E-state index contributed by atoms with van der Waals surface area (Å²) in [5.74, 6) is 0. The van der Waals surface area contributed by atoms with Crippen molar-refractivity contribution in [3.63, 3.8) is 0 Å². The number of nitrogens with two attached hydrogens (primary N) is 1. The SMILES string of the molecule is CCN1CCc2cc([C@@H](C)N)ccc21. The number of nitrogens with zero attached hydrogens (tertiary/aromatic N) is 1. The minimum atomic E-state index is 0.149. The van der Waals surface area contributed by atoms with Crippen molar-refractivity contribution in [1.82, 2.24) is 0 Å². The van der Waals surface area contributed by atoms with Gasteiger partial charge in [0.25, 0.3) is 0 Å². The molecule has 0 radical (unpaired) electrons. The monoisotopic (exact) mass is 190 g/mol. The van der Waals surface area contributed by atoms with Crippen molar-refractivity contribution in [3.8, 4) is 0 Å². The first-order chi connectivity index (χ1) is 6.72. The number of rotatable bonds is 2. The van der Waals surface area contributed by atoms with Crippen molar-refractivity contribution in [2.75, 3.05) is 18.0 Å². The Hall–Kier alpha value is -1.02. The summed E-state index contributed by atoms with van der Waals surface area (Å²) in [5.41, 5.74) is 9.97. The van der Waals surface area contributed by atoms with Crippen molar-refractivity contribution >= 4 is 5.69 Å². The van der Waals surface area contributed by atoms with Crippen molar-refractivity contribution < 1.29 is 0 Å². The molecule has 1 aliphatic rings. The third kappa shape index (κ3) is 1.50. The highest BCUT2D eigenvalue weighted by molar-refractivity contribution is 5.59. The fraction of sp³-hybridized carbons (Fsp3) is 0.500. The van der Waals surface area contributed by atoms with Gasteiger partial charge in [-0.05, 0) is 37.5 Å².